The number of nitrogens with two attached hydrogens (primary N) is 1. The van der Waals surface area contributed by atoms with E-state index in [0.717, 1.165) is 0 Å². The lowest BCUT2D eigenvalue weighted by atomic mass is 10.1. The molecule has 3 amide bonds. The third kappa shape index (κ3) is 7.88. The van der Waals surface area contributed by atoms with Crippen LogP contribution in [0.3, 0.4) is 0 Å². The van der Waals surface area contributed by atoms with Crippen molar-refractivity contribution >= 4 is 23.9 Å². The van der Waals surface area contributed by atoms with Crippen LogP contribution in [0.15, 0.2) is 18.2 Å². The highest BCUT2D eigenvalue weighted by Crippen LogP contribution is 2.31. The van der Waals surface area contributed by atoms with Crippen molar-refractivity contribution < 1.29 is 42.9 Å². The number of hydrogen-bond acceptors (Lipinski definition) is 9. The lowest BCUT2D eigenvalue weighted by molar-refractivity contribution is -0.163. The molecule has 3 atom stereocenters. The number of carbonyl (C=O) groups is 4. The average Bonchev–Trinajstić information content (AvgIpc) is 3.35. The molecule has 0 aromatic heterocycles. The van der Waals surface area contributed by atoms with Gasteiger partial charge in [0.15, 0.2) is 0 Å². The van der Waals surface area contributed by atoms with Crippen molar-refractivity contribution in [2.45, 2.75) is 96.5 Å². The summed E-state index contributed by atoms with van der Waals surface area (Å²) in [5, 5.41) is 0. The third-order valence-corrected chi connectivity index (χ3v) is 6.78. The van der Waals surface area contributed by atoms with E-state index in [0.29, 0.717) is 36.6 Å². The lowest BCUT2D eigenvalue weighted by Crippen LogP contribution is -2.45. The van der Waals surface area contributed by atoms with E-state index < -0.39 is 47.4 Å². The van der Waals surface area contributed by atoms with Gasteiger partial charge in [-0.2, -0.15) is 0 Å². The Labute approximate surface area is 240 Å². The molecule has 0 spiro atoms. The fraction of sp³-hybridized carbons (Fsp3) is 0.655. The van der Waals surface area contributed by atoms with Gasteiger partial charge in [0.05, 0.1) is 26.3 Å². The molecule has 0 radical (unpaired) electrons. The van der Waals surface area contributed by atoms with E-state index in [1.807, 2.05) is 20.8 Å². The van der Waals surface area contributed by atoms with Crippen molar-refractivity contribution in [1.82, 2.24) is 9.80 Å². The van der Waals surface area contributed by atoms with Gasteiger partial charge < -0.3 is 39.2 Å². The van der Waals surface area contributed by atoms with Gasteiger partial charge in [-0.05, 0) is 71.7 Å². The Kier molecular flexibility index (Phi) is 8.84. The van der Waals surface area contributed by atoms with Gasteiger partial charge >= 0.3 is 12.1 Å². The highest BCUT2D eigenvalue weighted by atomic mass is 16.6. The second-order valence-electron chi connectivity index (χ2n) is 12.7. The predicted octanol–water partition coefficient (Wildman–Crippen LogP) is 2.40. The van der Waals surface area contributed by atoms with Crippen molar-refractivity contribution in [3.05, 3.63) is 29.3 Å². The van der Waals surface area contributed by atoms with Crippen LogP contribution in [-0.2, 0) is 35.1 Å². The molecular formula is C29H41N3O9. The molecule has 1 aromatic rings. The Balaban J connectivity index is 1.44. The molecule has 3 heterocycles. The molecule has 1 aromatic carbocycles. The zero-order valence-corrected chi connectivity index (χ0v) is 24.6. The molecule has 3 aliphatic rings. The Morgan fingerprint density at radius 3 is 2.27 bits per heavy atom. The quantitative estimate of drug-likeness (QED) is 0.439. The highest BCUT2D eigenvalue weighted by molar-refractivity contribution is 6.01. The Hall–Kier alpha value is -3.38. The van der Waals surface area contributed by atoms with Gasteiger partial charge in [-0.25, -0.2) is 4.79 Å². The number of amides is 3. The van der Waals surface area contributed by atoms with E-state index in [4.69, 9.17) is 29.4 Å². The average molecular weight is 576 g/mol. The van der Waals surface area contributed by atoms with E-state index in [9.17, 15) is 19.2 Å². The topological polar surface area (TPSA) is 147 Å². The summed E-state index contributed by atoms with van der Waals surface area (Å²) in [6, 6.07) is 4.11. The maximum Gasteiger partial charge on any atom is 0.410 e. The number of carbonyl (C=O) groups excluding carboxylic acids is 4. The van der Waals surface area contributed by atoms with Gasteiger partial charge in [-0.15, -0.1) is 0 Å². The van der Waals surface area contributed by atoms with Crippen LogP contribution in [0, 0.1) is 0 Å². The summed E-state index contributed by atoms with van der Waals surface area (Å²) >= 11 is 0. The van der Waals surface area contributed by atoms with Gasteiger partial charge in [0, 0.05) is 18.5 Å². The number of esters is 1. The number of fused-ring (bicyclic) bond motifs is 1. The van der Waals surface area contributed by atoms with Crippen molar-refractivity contribution in [3.63, 3.8) is 0 Å². The molecule has 2 fully saturated rings. The van der Waals surface area contributed by atoms with Crippen LogP contribution in [0.4, 0.5) is 4.79 Å². The Morgan fingerprint density at radius 1 is 1.02 bits per heavy atom. The van der Waals surface area contributed by atoms with Crippen molar-refractivity contribution in [2.75, 3.05) is 26.3 Å². The normalized spacial score (nSPS) is 21.8. The fourth-order valence-corrected chi connectivity index (χ4v) is 4.92. The molecule has 0 saturated carbocycles. The van der Waals surface area contributed by atoms with E-state index in [-0.39, 0.29) is 37.9 Å². The van der Waals surface area contributed by atoms with Crippen molar-refractivity contribution in [2.24, 2.45) is 5.73 Å². The van der Waals surface area contributed by atoms with E-state index in [2.05, 4.69) is 0 Å². The Bertz CT molecular complexity index is 1170. The minimum absolute atomic E-state index is 0.0530. The van der Waals surface area contributed by atoms with Crippen LogP contribution < -0.4 is 10.5 Å². The number of likely N-dealkylation sites (tertiary alicyclic amines) is 1. The van der Waals surface area contributed by atoms with Gasteiger partial charge in [-0.1, -0.05) is 0 Å². The zero-order chi connectivity index (χ0) is 30.1. The molecule has 2 saturated heterocycles. The van der Waals surface area contributed by atoms with Crippen LogP contribution in [0.1, 0.15) is 70.3 Å². The summed E-state index contributed by atoms with van der Waals surface area (Å²) in [7, 11) is 0. The number of hydrogen-bond donors (Lipinski definition) is 1. The summed E-state index contributed by atoms with van der Waals surface area (Å²) in [5.74, 6) is -1.01. The predicted molar refractivity (Wildman–Crippen MR) is 146 cm³/mol. The summed E-state index contributed by atoms with van der Waals surface area (Å²) in [4.78, 5) is 53.4. The van der Waals surface area contributed by atoms with Crippen molar-refractivity contribution in [1.29, 1.82) is 0 Å². The van der Waals surface area contributed by atoms with Gasteiger partial charge in [0.25, 0.3) is 5.91 Å². The SMILES string of the molecule is CC(C)(C)OC(=O)CC[C@@H](C(N)=O)N1Cc2cc(O[C@H]3CN(C(=O)OC(C)(C)C)C[C@@H]3OC3COC3)ccc2C1=O. The second-order valence-corrected chi connectivity index (χ2v) is 12.7. The molecule has 226 valence electrons. The number of ether oxygens (including phenoxy) is 5. The van der Waals surface area contributed by atoms with Crippen LogP contribution in [0.25, 0.3) is 0 Å². The first-order valence-electron chi connectivity index (χ1n) is 13.9. The fourth-order valence-electron chi connectivity index (χ4n) is 4.92. The van der Waals surface area contributed by atoms with Gasteiger partial charge in [0.2, 0.25) is 5.91 Å². The van der Waals surface area contributed by atoms with E-state index >= 15 is 0 Å². The number of rotatable bonds is 9. The Morgan fingerprint density at radius 2 is 1.68 bits per heavy atom. The number of benzene rings is 1. The summed E-state index contributed by atoms with van der Waals surface area (Å²) in [5.41, 5.74) is 5.44. The number of nitrogens with zero attached hydrogens (tertiary/aromatic N) is 2. The molecule has 2 N–H and O–H groups in total. The molecule has 4 rings (SSSR count). The molecule has 0 unspecified atom stereocenters. The standard InChI is InChI=1S/C29H41N3O9/c1-28(2,3)40-24(33)10-9-21(25(30)34)32-12-17-11-18(7-8-20(17)26(32)35)38-22-13-31(27(36)41-29(4,5)6)14-23(22)39-19-15-37-16-19/h7-8,11,19,21-23H,9-10,12-16H2,1-6H3,(H2,30,34)/t21-,22-,23-/m0/s1. The first-order chi connectivity index (χ1) is 19.1. The van der Waals surface area contributed by atoms with Crippen molar-refractivity contribution in [3.8, 4) is 5.75 Å². The molecule has 0 aliphatic carbocycles. The second kappa shape index (κ2) is 11.8. The van der Waals surface area contributed by atoms with E-state index in [1.54, 1.807) is 43.9 Å². The minimum atomic E-state index is -0.966. The molecule has 41 heavy (non-hydrogen) atoms. The first kappa shape index (κ1) is 30.6. The molecule has 12 nitrogen and oxygen atoms in total. The monoisotopic (exact) mass is 575 g/mol. The summed E-state index contributed by atoms with van der Waals surface area (Å²) in [6.07, 6.45) is -1.37. The third-order valence-electron chi connectivity index (χ3n) is 6.78. The lowest BCUT2D eigenvalue weighted by Gasteiger charge is -2.31. The van der Waals surface area contributed by atoms with E-state index in [1.165, 1.54) is 4.90 Å². The maximum absolute atomic E-state index is 13.2. The summed E-state index contributed by atoms with van der Waals surface area (Å²) < 4.78 is 28.5. The first-order valence-corrected chi connectivity index (χ1v) is 13.9. The van der Waals surface area contributed by atoms with Crippen LogP contribution >= 0.6 is 0 Å². The molecular weight excluding hydrogens is 534 g/mol. The highest BCUT2D eigenvalue weighted by Gasteiger charge is 2.42. The van der Waals surface area contributed by atoms with Crippen LogP contribution in [-0.4, -0.2) is 95.5 Å². The largest absolute Gasteiger partial charge is 0.486 e. The smallest absolute Gasteiger partial charge is 0.410 e. The molecule has 12 heteroatoms. The zero-order valence-electron chi connectivity index (χ0n) is 24.6. The van der Waals surface area contributed by atoms with Crippen LogP contribution in [0.5, 0.6) is 5.75 Å². The van der Waals surface area contributed by atoms with Gasteiger partial charge in [-0.3, -0.25) is 14.4 Å². The number of primary amides is 1. The maximum atomic E-state index is 13.2. The summed E-state index contributed by atoms with van der Waals surface area (Å²) in [6.45, 7) is 12.4. The molecule has 3 aliphatic heterocycles. The molecule has 0 bridgehead atoms. The van der Waals surface area contributed by atoms with Crippen LogP contribution in [0.2, 0.25) is 0 Å². The minimum Gasteiger partial charge on any atom is -0.486 e. The van der Waals surface area contributed by atoms with Gasteiger partial charge in [0.1, 0.15) is 41.3 Å².